The van der Waals surface area contributed by atoms with Gasteiger partial charge < -0.3 is 10.1 Å². The summed E-state index contributed by atoms with van der Waals surface area (Å²) in [6.45, 7) is 0. The zero-order valence-corrected chi connectivity index (χ0v) is 14.4. The van der Waals surface area contributed by atoms with Crippen LogP contribution in [0.5, 0.6) is 5.75 Å². The average molecular weight is 375 g/mol. The van der Waals surface area contributed by atoms with E-state index < -0.39 is 16.6 Å². The number of nitro groups is 1. The Bertz CT molecular complexity index is 869. The van der Waals surface area contributed by atoms with Crippen LogP contribution in [0.25, 0.3) is 6.08 Å². The van der Waals surface area contributed by atoms with Crippen LogP contribution in [0.4, 0.5) is 15.8 Å². The molecule has 134 valence electrons. The monoisotopic (exact) mass is 375 g/mol. The second-order valence-corrected chi connectivity index (χ2v) is 5.38. The molecule has 0 saturated carbocycles. The summed E-state index contributed by atoms with van der Waals surface area (Å²) in [5.41, 5.74) is 0.260. The van der Waals surface area contributed by atoms with E-state index in [0.29, 0.717) is 5.75 Å². The Morgan fingerprint density at radius 2 is 1.96 bits per heavy atom. The molecular formula is C17H14FN3O4S. The van der Waals surface area contributed by atoms with Crippen molar-refractivity contribution in [1.29, 1.82) is 0 Å². The number of carbonyl (C=O) groups excluding carboxylic acids is 1. The fourth-order valence-electron chi connectivity index (χ4n) is 1.92. The lowest BCUT2D eigenvalue weighted by molar-refractivity contribution is -0.384. The van der Waals surface area contributed by atoms with Crippen molar-refractivity contribution in [2.24, 2.45) is 0 Å². The van der Waals surface area contributed by atoms with Crippen LogP contribution in [-0.4, -0.2) is 23.1 Å². The minimum Gasteiger partial charge on any atom is -0.497 e. The fraction of sp³-hybridized carbons (Fsp3) is 0.0588. The van der Waals surface area contributed by atoms with Crippen LogP contribution in [0.2, 0.25) is 0 Å². The Morgan fingerprint density at radius 3 is 2.58 bits per heavy atom. The van der Waals surface area contributed by atoms with Gasteiger partial charge >= 0.3 is 0 Å². The van der Waals surface area contributed by atoms with Crippen LogP contribution < -0.4 is 15.4 Å². The molecule has 0 heterocycles. The fourth-order valence-corrected chi connectivity index (χ4v) is 2.13. The number of nitrogens with one attached hydrogen (secondary N) is 2. The summed E-state index contributed by atoms with van der Waals surface area (Å²) in [5.74, 6) is -0.582. The number of amides is 1. The number of halogens is 1. The lowest BCUT2D eigenvalue weighted by atomic mass is 10.2. The van der Waals surface area contributed by atoms with Gasteiger partial charge in [-0.2, -0.15) is 0 Å². The van der Waals surface area contributed by atoms with Crippen molar-refractivity contribution in [3.63, 3.8) is 0 Å². The summed E-state index contributed by atoms with van der Waals surface area (Å²) in [6.07, 6.45) is 2.81. The van der Waals surface area contributed by atoms with Crippen LogP contribution in [0, 0.1) is 15.9 Å². The first-order valence-electron chi connectivity index (χ1n) is 7.27. The maximum Gasteiger partial charge on any atom is 0.271 e. The largest absolute Gasteiger partial charge is 0.497 e. The summed E-state index contributed by atoms with van der Waals surface area (Å²) in [7, 11) is 1.55. The number of non-ortho nitro benzene ring substituents is 1. The summed E-state index contributed by atoms with van der Waals surface area (Å²) in [6, 6.07) is 9.97. The van der Waals surface area contributed by atoms with E-state index in [1.54, 1.807) is 37.5 Å². The van der Waals surface area contributed by atoms with E-state index >= 15 is 0 Å². The number of hydrogen-bond donors (Lipinski definition) is 2. The van der Waals surface area contributed by atoms with Gasteiger partial charge in [0.2, 0.25) is 5.91 Å². The second-order valence-electron chi connectivity index (χ2n) is 4.97. The number of nitro benzene ring substituents is 1. The Hall–Kier alpha value is -3.33. The highest BCUT2D eigenvalue weighted by molar-refractivity contribution is 7.80. The number of anilines is 1. The first kappa shape index (κ1) is 19.0. The smallest absolute Gasteiger partial charge is 0.271 e. The molecule has 0 aliphatic rings. The normalized spacial score (nSPS) is 10.4. The van der Waals surface area contributed by atoms with E-state index in [1.165, 1.54) is 6.08 Å². The molecule has 2 N–H and O–H groups in total. The predicted molar refractivity (Wildman–Crippen MR) is 99.4 cm³/mol. The van der Waals surface area contributed by atoms with Gasteiger partial charge in [-0.3, -0.25) is 20.2 Å². The van der Waals surface area contributed by atoms with Gasteiger partial charge in [-0.05, 0) is 42.1 Å². The highest BCUT2D eigenvalue weighted by Gasteiger charge is 2.12. The molecule has 2 aromatic rings. The van der Waals surface area contributed by atoms with Crippen LogP contribution in [0.15, 0.2) is 48.5 Å². The molecule has 9 heteroatoms. The van der Waals surface area contributed by atoms with E-state index in [0.717, 1.165) is 23.8 Å². The molecular weight excluding hydrogens is 361 g/mol. The van der Waals surface area contributed by atoms with Gasteiger partial charge in [0.05, 0.1) is 17.7 Å². The van der Waals surface area contributed by atoms with Crippen molar-refractivity contribution < 1.29 is 18.8 Å². The van der Waals surface area contributed by atoms with Crippen molar-refractivity contribution >= 4 is 40.7 Å². The maximum absolute atomic E-state index is 13.7. The molecule has 0 atom stereocenters. The predicted octanol–water partition coefficient (Wildman–Crippen LogP) is 3.27. The third kappa shape index (κ3) is 5.35. The van der Waals surface area contributed by atoms with Crippen LogP contribution in [0.3, 0.4) is 0 Å². The number of hydrogen-bond acceptors (Lipinski definition) is 5. The van der Waals surface area contributed by atoms with Gasteiger partial charge in [0.15, 0.2) is 5.11 Å². The van der Waals surface area contributed by atoms with Gasteiger partial charge in [-0.25, -0.2) is 4.39 Å². The highest BCUT2D eigenvalue weighted by atomic mass is 32.1. The van der Waals surface area contributed by atoms with Crippen LogP contribution in [0.1, 0.15) is 5.56 Å². The standard InChI is InChI=1S/C17H14FN3O4S/c1-25-13-6-2-11(3-7-13)4-9-16(22)20-17(26)19-15-10-12(21(23)24)5-8-14(15)18/h2-10H,1H3,(H2,19,20,22,26). The molecule has 0 saturated heterocycles. The van der Waals surface area contributed by atoms with Crippen molar-refractivity contribution in [2.75, 3.05) is 12.4 Å². The molecule has 0 aliphatic heterocycles. The summed E-state index contributed by atoms with van der Waals surface area (Å²) >= 11 is 4.91. The molecule has 1 amide bonds. The molecule has 0 aliphatic carbocycles. The number of ether oxygens (including phenoxy) is 1. The zero-order valence-electron chi connectivity index (χ0n) is 13.6. The van der Waals surface area contributed by atoms with Gasteiger partial charge in [0.1, 0.15) is 11.6 Å². The lowest BCUT2D eigenvalue weighted by Gasteiger charge is -2.08. The Morgan fingerprint density at radius 1 is 1.27 bits per heavy atom. The lowest BCUT2D eigenvalue weighted by Crippen LogP contribution is -2.33. The Kier molecular flexibility index (Phi) is 6.34. The molecule has 0 fully saturated rings. The van der Waals surface area contributed by atoms with Crippen LogP contribution in [-0.2, 0) is 4.79 Å². The quantitative estimate of drug-likeness (QED) is 0.361. The SMILES string of the molecule is COc1ccc(C=CC(=O)NC(=S)Nc2cc([N+](=O)[O-])ccc2F)cc1. The summed E-state index contributed by atoms with van der Waals surface area (Å²) in [4.78, 5) is 21.9. The minimum atomic E-state index is -0.735. The molecule has 0 bridgehead atoms. The van der Waals surface area contributed by atoms with Crippen molar-refractivity contribution in [2.45, 2.75) is 0 Å². The average Bonchev–Trinajstić information content (AvgIpc) is 2.62. The number of nitrogens with zero attached hydrogens (tertiary/aromatic N) is 1. The summed E-state index contributed by atoms with van der Waals surface area (Å²) in [5, 5.41) is 15.3. The molecule has 0 spiro atoms. The molecule has 0 aromatic heterocycles. The van der Waals surface area contributed by atoms with E-state index in [2.05, 4.69) is 10.6 Å². The number of rotatable bonds is 5. The van der Waals surface area contributed by atoms with Crippen molar-refractivity contribution in [1.82, 2.24) is 5.32 Å². The van der Waals surface area contributed by atoms with Gasteiger partial charge in [-0.1, -0.05) is 12.1 Å². The molecule has 0 unspecified atom stereocenters. The van der Waals surface area contributed by atoms with Crippen LogP contribution >= 0.6 is 12.2 Å². The van der Waals surface area contributed by atoms with Crippen molar-refractivity contribution in [3.05, 3.63) is 70.0 Å². The topological polar surface area (TPSA) is 93.5 Å². The molecule has 2 aromatic carbocycles. The van der Waals surface area contributed by atoms with Gasteiger partial charge in [0.25, 0.3) is 5.69 Å². The first-order chi connectivity index (χ1) is 12.4. The number of benzene rings is 2. The molecule has 26 heavy (non-hydrogen) atoms. The first-order valence-corrected chi connectivity index (χ1v) is 7.68. The van der Waals surface area contributed by atoms with E-state index in [9.17, 15) is 19.3 Å². The Labute approximate surface area is 153 Å². The Balaban J connectivity index is 1.96. The molecule has 0 radical (unpaired) electrons. The van der Waals surface area contributed by atoms with Gasteiger partial charge in [0, 0.05) is 18.2 Å². The minimum absolute atomic E-state index is 0.186. The summed E-state index contributed by atoms with van der Waals surface area (Å²) < 4.78 is 18.7. The molecule has 2 rings (SSSR count). The van der Waals surface area contributed by atoms with Crippen molar-refractivity contribution in [3.8, 4) is 5.75 Å². The highest BCUT2D eigenvalue weighted by Crippen LogP contribution is 2.21. The van der Waals surface area contributed by atoms with Gasteiger partial charge in [-0.15, -0.1) is 0 Å². The number of carbonyl (C=O) groups is 1. The molecule has 7 nitrogen and oxygen atoms in total. The zero-order chi connectivity index (χ0) is 19.1. The maximum atomic E-state index is 13.7. The second kappa shape index (κ2) is 8.67. The number of methoxy groups -OCH3 is 1. The van der Waals surface area contributed by atoms with E-state index in [-0.39, 0.29) is 16.5 Å². The third-order valence-corrected chi connectivity index (χ3v) is 3.39. The number of thiocarbonyl (C=S) groups is 1. The van der Waals surface area contributed by atoms with E-state index in [4.69, 9.17) is 17.0 Å². The van der Waals surface area contributed by atoms with E-state index in [1.807, 2.05) is 0 Å². The third-order valence-electron chi connectivity index (χ3n) is 3.19.